The summed E-state index contributed by atoms with van der Waals surface area (Å²) in [5, 5.41) is 0. The fraction of sp³-hybridized carbons (Fsp3) is 0.273. The molecule has 7 heteroatoms. The van der Waals surface area contributed by atoms with Gasteiger partial charge >= 0.3 is 0 Å². The molecule has 1 heterocycles. The number of carbonyl (C=O) groups excluding carboxylic acids is 1. The van der Waals surface area contributed by atoms with Crippen LogP contribution >= 0.6 is 11.3 Å². The highest BCUT2D eigenvalue weighted by Crippen LogP contribution is 2.28. The van der Waals surface area contributed by atoms with Crippen molar-refractivity contribution in [1.29, 1.82) is 0 Å². The lowest BCUT2D eigenvalue weighted by Crippen LogP contribution is -2.45. The molecule has 0 spiro atoms. The van der Waals surface area contributed by atoms with Crippen molar-refractivity contribution in [2.75, 3.05) is 0 Å². The summed E-state index contributed by atoms with van der Waals surface area (Å²) < 4.78 is 23.8. The van der Waals surface area contributed by atoms with E-state index in [2.05, 4.69) is 4.98 Å². The number of rotatable bonds is 3. The maximum atomic E-state index is 12.3. The van der Waals surface area contributed by atoms with E-state index in [0.717, 1.165) is 10.2 Å². The summed E-state index contributed by atoms with van der Waals surface area (Å²) in [4.78, 5) is 15.4. The average Bonchev–Trinajstić information content (AvgIpc) is 2.75. The molecule has 5 nitrogen and oxygen atoms in total. The number of thiazole rings is 1. The van der Waals surface area contributed by atoms with Crippen LogP contribution in [-0.2, 0) is 14.6 Å². The smallest absolute Gasteiger partial charge is 0.238 e. The Balaban J connectivity index is 2.63. The van der Waals surface area contributed by atoms with Gasteiger partial charge in [-0.3, -0.25) is 4.79 Å². The maximum absolute atomic E-state index is 12.3. The van der Waals surface area contributed by atoms with Gasteiger partial charge in [0.1, 0.15) is 4.75 Å². The molecule has 18 heavy (non-hydrogen) atoms. The fourth-order valence-electron chi connectivity index (χ4n) is 1.43. The highest BCUT2D eigenvalue weighted by molar-refractivity contribution is 7.93. The number of nitrogens with zero attached hydrogens (tertiary/aromatic N) is 1. The number of carbonyl (C=O) groups is 1. The molecule has 0 unspecified atom stereocenters. The van der Waals surface area contributed by atoms with Gasteiger partial charge in [-0.2, -0.15) is 0 Å². The monoisotopic (exact) mass is 284 g/mol. The van der Waals surface area contributed by atoms with Crippen LogP contribution in [0.25, 0.3) is 10.2 Å². The van der Waals surface area contributed by atoms with Gasteiger partial charge in [-0.05, 0) is 32.0 Å². The lowest BCUT2D eigenvalue weighted by atomic mass is 10.2. The Hall–Kier alpha value is -1.47. The van der Waals surface area contributed by atoms with Crippen molar-refractivity contribution in [3.05, 3.63) is 23.7 Å². The van der Waals surface area contributed by atoms with Crippen molar-refractivity contribution in [2.45, 2.75) is 23.5 Å². The predicted octanol–water partition coefficient (Wildman–Crippen LogP) is 1.33. The summed E-state index contributed by atoms with van der Waals surface area (Å²) in [5.74, 6) is -0.869. The number of nitrogens with two attached hydrogens (primary N) is 1. The second kappa shape index (κ2) is 4.03. The van der Waals surface area contributed by atoms with E-state index in [1.165, 1.54) is 37.3 Å². The molecule has 0 aliphatic carbocycles. The predicted molar refractivity (Wildman–Crippen MR) is 70.1 cm³/mol. The van der Waals surface area contributed by atoms with Crippen LogP contribution in [0.4, 0.5) is 0 Å². The molecule has 0 saturated carbocycles. The van der Waals surface area contributed by atoms with Gasteiger partial charge in [-0.15, -0.1) is 11.3 Å². The number of fused-ring (bicyclic) bond motifs is 1. The molecule has 0 fully saturated rings. The average molecular weight is 284 g/mol. The molecule has 2 aromatic rings. The molecule has 0 bridgehead atoms. The zero-order chi connectivity index (χ0) is 13.6. The Labute approximate surface area is 109 Å². The first kappa shape index (κ1) is 13.0. The Morgan fingerprint density at radius 2 is 2.06 bits per heavy atom. The first-order chi connectivity index (χ1) is 8.26. The van der Waals surface area contributed by atoms with Crippen LogP contribution in [0.5, 0.6) is 0 Å². The van der Waals surface area contributed by atoms with Crippen molar-refractivity contribution >= 4 is 37.3 Å². The highest BCUT2D eigenvalue weighted by Gasteiger charge is 2.41. The van der Waals surface area contributed by atoms with Crippen molar-refractivity contribution in [3.63, 3.8) is 0 Å². The number of benzene rings is 1. The fourth-order valence-corrected chi connectivity index (χ4v) is 3.59. The minimum atomic E-state index is -3.80. The van der Waals surface area contributed by atoms with Gasteiger partial charge in [-0.25, -0.2) is 13.4 Å². The summed E-state index contributed by atoms with van der Waals surface area (Å²) in [6, 6.07) is 4.59. The van der Waals surface area contributed by atoms with Gasteiger partial charge in [0.15, 0.2) is 9.84 Å². The third-order valence-electron chi connectivity index (χ3n) is 2.88. The summed E-state index contributed by atoms with van der Waals surface area (Å²) in [5.41, 5.74) is 7.53. The summed E-state index contributed by atoms with van der Waals surface area (Å²) >= 11 is 1.34. The third-order valence-corrected chi connectivity index (χ3v) is 6.09. The van der Waals surface area contributed by atoms with Crippen LogP contribution < -0.4 is 5.73 Å². The van der Waals surface area contributed by atoms with E-state index in [0.29, 0.717) is 0 Å². The normalized spacial score (nSPS) is 12.8. The van der Waals surface area contributed by atoms with Crippen LogP contribution in [-0.4, -0.2) is 24.1 Å². The molecule has 1 aromatic heterocycles. The van der Waals surface area contributed by atoms with Gasteiger partial charge < -0.3 is 5.73 Å². The van der Waals surface area contributed by atoms with Gasteiger partial charge in [-0.1, -0.05) is 0 Å². The van der Waals surface area contributed by atoms with Crippen LogP contribution in [0, 0.1) is 0 Å². The molecule has 96 valence electrons. The lowest BCUT2D eigenvalue weighted by molar-refractivity contribution is -0.119. The minimum absolute atomic E-state index is 0.0862. The maximum Gasteiger partial charge on any atom is 0.238 e. The number of amides is 1. The van der Waals surface area contributed by atoms with Crippen molar-refractivity contribution < 1.29 is 13.2 Å². The number of aromatic nitrogens is 1. The first-order valence-corrected chi connectivity index (χ1v) is 7.51. The van der Waals surface area contributed by atoms with Crippen molar-refractivity contribution in [2.24, 2.45) is 5.73 Å². The van der Waals surface area contributed by atoms with Gasteiger partial charge in [0.05, 0.1) is 20.6 Å². The number of hydrogen-bond acceptors (Lipinski definition) is 5. The molecule has 1 aromatic carbocycles. The molecule has 0 aliphatic rings. The standard InChI is InChI=1S/C11H12N2O3S2/c1-11(2,10(12)14)18(15,16)7-3-4-8-9(5-7)17-6-13-8/h3-6H,1-2H3,(H2,12,14). The topological polar surface area (TPSA) is 90.1 Å². The van der Waals surface area contributed by atoms with E-state index in [4.69, 9.17) is 5.73 Å². The third kappa shape index (κ3) is 1.79. The van der Waals surface area contributed by atoms with Gasteiger partial charge in [0, 0.05) is 0 Å². The number of hydrogen-bond donors (Lipinski definition) is 1. The lowest BCUT2D eigenvalue weighted by Gasteiger charge is -2.20. The van der Waals surface area contributed by atoms with E-state index >= 15 is 0 Å². The van der Waals surface area contributed by atoms with Crippen molar-refractivity contribution in [1.82, 2.24) is 4.98 Å². The van der Waals surface area contributed by atoms with E-state index in [9.17, 15) is 13.2 Å². The van der Waals surface area contributed by atoms with E-state index in [1.807, 2.05) is 0 Å². The Morgan fingerprint density at radius 3 is 2.67 bits per heavy atom. The molecular formula is C11H12N2O3S2. The summed E-state index contributed by atoms with van der Waals surface area (Å²) in [6.07, 6.45) is 0. The molecule has 2 N–H and O–H groups in total. The zero-order valence-electron chi connectivity index (χ0n) is 9.88. The van der Waals surface area contributed by atoms with Gasteiger partial charge in [0.2, 0.25) is 5.91 Å². The summed E-state index contributed by atoms with van der Waals surface area (Å²) in [7, 11) is -3.80. The Morgan fingerprint density at radius 1 is 1.39 bits per heavy atom. The summed E-state index contributed by atoms with van der Waals surface area (Å²) in [6.45, 7) is 2.61. The largest absolute Gasteiger partial charge is 0.368 e. The second-order valence-corrected chi connectivity index (χ2v) is 7.75. The minimum Gasteiger partial charge on any atom is -0.368 e. The quantitative estimate of drug-likeness (QED) is 0.920. The van der Waals surface area contributed by atoms with Crippen LogP contribution in [0.15, 0.2) is 28.6 Å². The molecule has 2 rings (SSSR count). The number of sulfone groups is 1. The van der Waals surface area contributed by atoms with Gasteiger partial charge in [0.25, 0.3) is 0 Å². The van der Waals surface area contributed by atoms with Crippen LogP contribution in [0.3, 0.4) is 0 Å². The van der Waals surface area contributed by atoms with E-state index in [1.54, 1.807) is 11.6 Å². The Kier molecular flexibility index (Phi) is 2.90. The number of primary amides is 1. The molecular weight excluding hydrogens is 272 g/mol. The van der Waals surface area contributed by atoms with E-state index in [-0.39, 0.29) is 4.90 Å². The first-order valence-electron chi connectivity index (χ1n) is 5.14. The van der Waals surface area contributed by atoms with Crippen LogP contribution in [0.1, 0.15) is 13.8 Å². The molecule has 0 radical (unpaired) electrons. The van der Waals surface area contributed by atoms with E-state index < -0.39 is 20.5 Å². The molecule has 0 atom stereocenters. The van der Waals surface area contributed by atoms with Crippen molar-refractivity contribution in [3.8, 4) is 0 Å². The highest BCUT2D eigenvalue weighted by atomic mass is 32.2. The zero-order valence-corrected chi connectivity index (χ0v) is 11.5. The molecule has 1 amide bonds. The SMILES string of the molecule is CC(C)(C(N)=O)S(=O)(=O)c1ccc2ncsc2c1. The second-order valence-electron chi connectivity index (χ2n) is 4.36. The molecule has 0 aliphatic heterocycles. The van der Waals surface area contributed by atoms with Crippen LogP contribution in [0.2, 0.25) is 0 Å². The molecule has 0 saturated heterocycles. The Bertz CT molecular complexity index is 717.